The third kappa shape index (κ3) is 1.69. The predicted molar refractivity (Wildman–Crippen MR) is 67.3 cm³/mol. The van der Waals surface area contributed by atoms with Gasteiger partial charge in [0.25, 0.3) is 0 Å². The number of fused-ring (bicyclic) bond motifs is 1. The number of aromatic nitrogens is 2. The highest BCUT2D eigenvalue weighted by Crippen LogP contribution is 2.27. The van der Waals surface area contributed by atoms with E-state index < -0.39 is 0 Å². The number of benzene rings is 1. The Labute approximate surface area is 104 Å². The Hall–Kier alpha value is -1.55. The Balaban J connectivity index is 2.06. The standard InChI is InChI=1S/C12H12ClN3O/c1-15-11-5-10(3-2-8(11)6-14-15)16-7-9(13)4-12(16)17/h2-3,5-6,9H,4,7H2,1H3. The molecule has 1 unspecified atom stereocenters. The number of carbonyl (C=O) groups excluding carboxylic acids is 1. The maximum absolute atomic E-state index is 11.8. The number of halogens is 1. The average molecular weight is 250 g/mol. The zero-order valence-electron chi connectivity index (χ0n) is 9.43. The van der Waals surface area contributed by atoms with Crippen LogP contribution >= 0.6 is 11.6 Å². The third-order valence-electron chi connectivity index (χ3n) is 3.12. The van der Waals surface area contributed by atoms with Crippen molar-refractivity contribution in [1.29, 1.82) is 0 Å². The van der Waals surface area contributed by atoms with Gasteiger partial charge in [0, 0.05) is 31.1 Å². The lowest BCUT2D eigenvalue weighted by atomic mass is 10.2. The zero-order chi connectivity index (χ0) is 12.0. The molecule has 2 aromatic rings. The van der Waals surface area contributed by atoms with Gasteiger partial charge in [0.2, 0.25) is 5.91 Å². The molecule has 0 aliphatic carbocycles. The molecule has 2 heterocycles. The quantitative estimate of drug-likeness (QED) is 0.725. The molecular weight excluding hydrogens is 238 g/mol. The van der Waals surface area contributed by atoms with Crippen LogP contribution < -0.4 is 4.90 Å². The first-order valence-electron chi connectivity index (χ1n) is 5.51. The summed E-state index contributed by atoms with van der Waals surface area (Å²) in [7, 11) is 1.89. The van der Waals surface area contributed by atoms with Gasteiger partial charge in [-0.1, -0.05) is 0 Å². The molecule has 1 atom stereocenters. The monoisotopic (exact) mass is 249 g/mol. The van der Waals surface area contributed by atoms with Crippen LogP contribution in [0.4, 0.5) is 5.69 Å². The molecular formula is C12H12ClN3O. The van der Waals surface area contributed by atoms with E-state index in [0.29, 0.717) is 13.0 Å². The summed E-state index contributed by atoms with van der Waals surface area (Å²) in [4.78, 5) is 13.5. The summed E-state index contributed by atoms with van der Waals surface area (Å²) in [5.74, 6) is 0.0894. The lowest BCUT2D eigenvalue weighted by molar-refractivity contribution is -0.117. The van der Waals surface area contributed by atoms with E-state index in [1.54, 1.807) is 9.58 Å². The molecule has 1 aliphatic rings. The van der Waals surface area contributed by atoms with E-state index in [2.05, 4.69) is 5.10 Å². The van der Waals surface area contributed by atoms with Gasteiger partial charge in [0.1, 0.15) is 0 Å². The third-order valence-corrected chi connectivity index (χ3v) is 3.41. The van der Waals surface area contributed by atoms with Gasteiger partial charge in [-0.25, -0.2) is 0 Å². The van der Waals surface area contributed by atoms with Crippen LogP contribution in [0.3, 0.4) is 0 Å². The van der Waals surface area contributed by atoms with Crippen LogP contribution in [-0.4, -0.2) is 27.6 Å². The molecule has 1 amide bonds. The first-order valence-corrected chi connectivity index (χ1v) is 5.95. The van der Waals surface area contributed by atoms with Gasteiger partial charge in [-0.2, -0.15) is 5.10 Å². The van der Waals surface area contributed by atoms with E-state index >= 15 is 0 Å². The van der Waals surface area contributed by atoms with E-state index in [4.69, 9.17) is 11.6 Å². The summed E-state index contributed by atoms with van der Waals surface area (Å²) in [6.07, 6.45) is 2.24. The van der Waals surface area contributed by atoms with Gasteiger partial charge in [0.05, 0.1) is 17.1 Å². The highest BCUT2D eigenvalue weighted by Gasteiger charge is 2.29. The van der Waals surface area contributed by atoms with E-state index in [1.807, 2.05) is 31.4 Å². The summed E-state index contributed by atoms with van der Waals surface area (Å²) >= 11 is 6.00. The van der Waals surface area contributed by atoms with Crippen molar-refractivity contribution < 1.29 is 4.79 Å². The first kappa shape index (κ1) is 10.6. The second-order valence-electron chi connectivity index (χ2n) is 4.32. The average Bonchev–Trinajstić information content (AvgIpc) is 2.83. The van der Waals surface area contributed by atoms with E-state index in [-0.39, 0.29) is 11.3 Å². The summed E-state index contributed by atoms with van der Waals surface area (Å²) in [5.41, 5.74) is 1.92. The van der Waals surface area contributed by atoms with Crippen molar-refractivity contribution in [2.24, 2.45) is 7.05 Å². The predicted octanol–water partition coefficient (Wildman–Crippen LogP) is 1.92. The molecule has 0 saturated carbocycles. The summed E-state index contributed by atoms with van der Waals surface area (Å²) < 4.78 is 1.80. The van der Waals surface area contributed by atoms with Gasteiger partial charge in [-0.05, 0) is 18.2 Å². The molecule has 4 nitrogen and oxygen atoms in total. The van der Waals surface area contributed by atoms with Gasteiger partial charge < -0.3 is 4.90 Å². The number of alkyl halides is 1. The maximum Gasteiger partial charge on any atom is 0.228 e. The molecule has 0 spiro atoms. The van der Waals surface area contributed by atoms with E-state index in [1.165, 1.54) is 0 Å². The minimum atomic E-state index is -0.0789. The fourth-order valence-corrected chi connectivity index (χ4v) is 2.48. The second-order valence-corrected chi connectivity index (χ2v) is 4.93. The van der Waals surface area contributed by atoms with Crippen LogP contribution in [-0.2, 0) is 11.8 Å². The molecule has 1 aliphatic heterocycles. The minimum absolute atomic E-state index is 0.0789. The summed E-state index contributed by atoms with van der Waals surface area (Å²) in [6, 6.07) is 5.90. The molecule has 0 N–H and O–H groups in total. The molecule has 0 bridgehead atoms. The molecule has 0 radical (unpaired) electrons. The molecule has 1 saturated heterocycles. The highest BCUT2D eigenvalue weighted by atomic mass is 35.5. The van der Waals surface area contributed by atoms with Crippen molar-refractivity contribution >= 4 is 34.1 Å². The first-order chi connectivity index (χ1) is 8.15. The number of hydrogen-bond acceptors (Lipinski definition) is 2. The minimum Gasteiger partial charge on any atom is -0.311 e. The van der Waals surface area contributed by atoms with Crippen molar-refractivity contribution in [3.8, 4) is 0 Å². The van der Waals surface area contributed by atoms with Gasteiger partial charge >= 0.3 is 0 Å². The smallest absolute Gasteiger partial charge is 0.228 e. The van der Waals surface area contributed by atoms with Gasteiger partial charge in [-0.15, -0.1) is 11.6 Å². The van der Waals surface area contributed by atoms with E-state index in [0.717, 1.165) is 16.6 Å². The molecule has 17 heavy (non-hydrogen) atoms. The summed E-state index contributed by atoms with van der Waals surface area (Å²) in [6.45, 7) is 0.587. The van der Waals surface area contributed by atoms with Crippen molar-refractivity contribution in [3.63, 3.8) is 0 Å². The van der Waals surface area contributed by atoms with Gasteiger partial charge in [0.15, 0.2) is 0 Å². The Morgan fingerprint density at radius 1 is 1.47 bits per heavy atom. The number of aryl methyl sites for hydroxylation is 1. The number of nitrogens with zero attached hydrogens (tertiary/aromatic N) is 3. The van der Waals surface area contributed by atoms with Crippen molar-refractivity contribution in [3.05, 3.63) is 24.4 Å². The fourth-order valence-electron chi connectivity index (χ4n) is 2.21. The fraction of sp³-hybridized carbons (Fsp3) is 0.333. The van der Waals surface area contributed by atoms with Crippen molar-refractivity contribution in [2.45, 2.75) is 11.8 Å². The maximum atomic E-state index is 11.8. The van der Waals surface area contributed by atoms with Crippen LogP contribution in [0.25, 0.3) is 10.9 Å². The highest BCUT2D eigenvalue weighted by molar-refractivity contribution is 6.24. The molecule has 1 aromatic heterocycles. The number of hydrogen-bond donors (Lipinski definition) is 0. The molecule has 1 fully saturated rings. The lowest BCUT2D eigenvalue weighted by Crippen LogP contribution is -2.24. The summed E-state index contributed by atoms with van der Waals surface area (Å²) in [5, 5.41) is 5.18. The van der Waals surface area contributed by atoms with Gasteiger partial charge in [-0.3, -0.25) is 9.48 Å². The number of anilines is 1. The molecule has 1 aromatic carbocycles. The van der Waals surface area contributed by atoms with Crippen LogP contribution in [0.2, 0.25) is 0 Å². The Morgan fingerprint density at radius 2 is 2.29 bits per heavy atom. The molecule has 5 heteroatoms. The Bertz CT molecular complexity index is 592. The number of rotatable bonds is 1. The topological polar surface area (TPSA) is 38.1 Å². The second kappa shape index (κ2) is 3.74. The Morgan fingerprint density at radius 3 is 3.00 bits per heavy atom. The van der Waals surface area contributed by atoms with Crippen LogP contribution in [0.5, 0.6) is 0 Å². The largest absolute Gasteiger partial charge is 0.311 e. The SMILES string of the molecule is Cn1ncc2ccc(N3CC(Cl)CC3=O)cc21. The molecule has 3 rings (SSSR count). The Kier molecular flexibility index (Phi) is 2.33. The van der Waals surface area contributed by atoms with Crippen molar-refractivity contribution in [1.82, 2.24) is 9.78 Å². The number of carbonyl (C=O) groups is 1. The molecule has 88 valence electrons. The number of amides is 1. The zero-order valence-corrected chi connectivity index (χ0v) is 10.2. The van der Waals surface area contributed by atoms with Crippen LogP contribution in [0, 0.1) is 0 Å². The lowest BCUT2D eigenvalue weighted by Gasteiger charge is -2.15. The normalized spacial score (nSPS) is 20.5. The van der Waals surface area contributed by atoms with Crippen LogP contribution in [0.15, 0.2) is 24.4 Å². The van der Waals surface area contributed by atoms with Crippen LogP contribution in [0.1, 0.15) is 6.42 Å². The van der Waals surface area contributed by atoms with E-state index in [9.17, 15) is 4.79 Å². The van der Waals surface area contributed by atoms with Crippen molar-refractivity contribution in [2.75, 3.05) is 11.4 Å².